The van der Waals surface area contributed by atoms with Crippen LogP contribution in [0.2, 0.25) is 0 Å². The molecule has 0 aromatic heterocycles. The molecule has 1 N–H and O–H groups in total. The summed E-state index contributed by atoms with van der Waals surface area (Å²) in [6.45, 7) is 2.22. The third-order valence-corrected chi connectivity index (χ3v) is 6.11. The van der Waals surface area contributed by atoms with Crippen LogP contribution in [0.4, 0.5) is 0 Å². The van der Waals surface area contributed by atoms with Crippen LogP contribution in [0.15, 0.2) is 53.4 Å². The van der Waals surface area contributed by atoms with E-state index in [1.54, 1.807) is 12.1 Å². The van der Waals surface area contributed by atoms with Gasteiger partial charge in [0.1, 0.15) is 18.1 Å². The highest BCUT2D eigenvalue weighted by Gasteiger charge is 2.19. The number of hydrogen-bond donors (Lipinski definition) is 1. The summed E-state index contributed by atoms with van der Waals surface area (Å²) in [5.41, 5.74) is 0.666. The molecule has 0 fully saturated rings. The Kier molecular flexibility index (Phi) is 8.04. The number of methoxy groups -OCH3 is 1. The van der Waals surface area contributed by atoms with Gasteiger partial charge < -0.3 is 14.8 Å². The predicted molar refractivity (Wildman–Crippen MR) is 112 cm³/mol. The van der Waals surface area contributed by atoms with Crippen LogP contribution in [0.3, 0.4) is 0 Å². The molecule has 0 aliphatic rings. The largest absolute Gasteiger partial charge is 0.496 e. The monoisotopic (exact) mass is 420 g/mol. The number of para-hydroxylation sites is 1. The summed E-state index contributed by atoms with van der Waals surface area (Å²) in [4.78, 5) is 12.5. The minimum absolute atomic E-state index is 0.142. The van der Waals surface area contributed by atoms with Gasteiger partial charge in [-0.1, -0.05) is 18.2 Å². The lowest BCUT2D eigenvalue weighted by atomic mass is 10.1. The van der Waals surface area contributed by atoms with E-state index in [1.165, 1.54) is 27.3 Å². The SMILES string of the molecule is COc1ccc(S(=O)(=O)N(C)C)cc1CCC(=O)N[C@@H](C)COc1ccccc1. The summed E-state index contributed by atoms with van der Waals surface area (Å²) >= 11 is 0. The summed E-state index contributed by atoms with van der Waals surface area (Å²) in [6.07, 6.45) is 0.565. The first-order chi connectivity index (χ1) is 13.7. The lowest BCUT2D eigenvalue weighted by Gasteiger charge is -2.16. The fourth-order valence-corrected chi connectivity index (χ4v) is 3.65. The van der Waals surface area contributed by atoms with Crippen LogP contribution in [0, 0.1) is 0 Å². The van der Waals surface area contributed by atoms with E-state index in [0.717, 1.165) is 10.1 Å². The third kappa shape index (κ3) is 6.47. The van der Waals surface area contributed by atoms with Gasteiger partial charge in [-0.2, -0.15) is 0 Å². The van der Waals surface area contributed by atoms with E-state index in [0.29, 0.717) is 24.3 Å². The Hall–Kier alpha value is -2.58. The number of aryl methyl sites for hydroxylation is 1. The number of nitrogens with one attached hydrogen (secondary N) is 1. The van der Waals surface area contributed by atoms with Gasteiger partial charge in [-0.15, -0.1) is 0 Å². The van der Waals surface area contributed by atoms with Crippen LogP contribution in [0.25, 0.3) is 0 Å². The highest BCUT2D eigenvalue weighted by molar-refractivity contribution is 7.89. The zero-order valence-corrected chi connectivity index (χ0v) is 18.0. The van der Waals surface area contributed by atoms with Gasteiger partial charge in [-0.3, -0.25) is 4.79 Å². The predicted octanol–water partition coefficient (Wildman–Crippen LogP) is 2.46. The number of sulfonamides is 1. The normalized spacial score (nSPS) is 12.4. The lowest BCUT2D eigenvalue weighted by Crippen LogP contribution is -2.36. The first-order valence-electron chi connectivity index (χ1n) is 9.30. The van der Waals surface area contributed by atoms with Gasteiger partial charge in [0.05, 0.1) is 18.0 Å². The van der Waals surface area contributed by atoms with Crippen molar-refractivity contribution in [2.24, 2.45) is 0 Å². The summed E-state index contributed by atoms with van der Waals surface area (Å²) in [5.74, 6) is 1.16. The van der Waals surface area contributed by atoms with Crippen LogP contribution in [0.1, 0.15) is 18.9 Å². The molecule has 0 saturated heterocycles. The molecule has 0 aliphatic carbocycles. The number of ether oxygens (including phenoxy) is 2. The van der Waals surface area contributed by atoms with Gasteiger partial charge >= 0.3 is 0 Å². The third-order valence-electron chi connectivity index (χ3n) is 4.30. The zero-order valence-electron chi connectivity index (χ0n) is 17.2. The summed E-state index contributed by atoms with van der Waals surface area (Å²) in [6, 6.07) is 13.9. The molecule has 1 atom stereocenters. The Morgan fingerprint density at radius 2 is 1.83 bits per heavy atom. The van der Waals surface area contributed by atoms with E-state index < -0.39 is 10.0 Å². The quantitative estimate of drug-likeness (QED) is 0.638. The average molecular weight is 421 g/mol. The average Bonchev–Trinajstić information content (AvgIpc) is 2.71. The molecule has 7 nitrogen and oxygen atoms in total. The highest BCUT2D eigenvalue weighted by Crippen LogP contribution is 2.25. The van der Waals surface area contributed by atoms with Crippen molar-refractivity contribution in [3.05, 3.63) is 54.1 Å². The van der Waals surface area contributed by atoms with Crippen molar-refractivity contribution in [3.63, 3.8) is 0 Å². The first-order valence-corrected chi connectivity index (χ1v) is 10.7. The molecule has 0 heterocycles. The Balaban J connectivity index is 1.94. The Labute approximate surface area is 172 Å². The second-order valence-corrected chi connectivity index (χ2v) is 9.01. The molecular formula is C21H28N2O5S. The molecule has 0 aliphatic heterocycles. The number of benzene rings is 2. The molecule has 0 spiro atoms. The number of nitrogens with zero attached hydrogens (tertiary/aromatic N) is 1. The van der Waals surface area contributed by atoms with Gasteiger partial charge in [0.2, 0.25) is 15.9 Å². The van der Waals surface area contributed by atoms with E-state index >= 15 is 0 Å². The molecule has 29 heavy (non-hydrogen) atoms. The smallest absolute Gasteiger partial charge is 0.242 e. The molecule has 1 amide bonds. The minimum atomic E-state index is -3.55. The lowest BCUT2D eigenvalue weighted by molar-refractivity contribution is -0.121. The van der Waals surface area contributed by atoms with Crippen LogP contribution >= 0.6 is 0 Å². The molecule has 2 aromatic rings. The number of hydrogen-bond acceptors (Lipinski definition) is 5. The summed E-state index contributed by atoms with van der Waals surface area (Å²) in [5, 5.41) is 2.89. The van der Waals surface area contributed by atoms with Gasteiger partial charge in [0, 0.05) is 20.5 Å². The van der Waals surface area contributed by atoms with Gasteiger partial charge in [-0.05, 0) is 49.2 Å². The van der Waals surface area contributed by atoms with Crippen molar-refractivity contribution in [3.8, 4) is 11.5 Å². The second kappa shape index (κ2) is 10.3. The molecule has 0 saturated carbocycles. The molecule has 2 aromatic carbocycles. The number of carbonyl (C=O) groups is 1. The van der Waals surface area contributed by atoms with Crippen molar-refractivity contribution in [1.82, 2.24) is 9.62 Å². The fourth-order valence-electron chi connectivity index (χ4n) is 2.70. The first kappa shape index (κ1) is 22.7. The van der Waals surface area contributed by atoms with Crippen molar-refractivity contribution in [2.45, 2.75) is 30.7 Å². The standard InChI is InChI=1S/C21H28N2O5S/c1-16(15-28-18-8-6-5-7-9-18)22-21(24)13-10-17-14-19(11-12-20(17)27-4)29(25,26)23(2)3/h5-9,11-12,14,16H,10,13,15H2,1-4H3,(H,22,24)/t16-/m0/s1. The molecule has 0 unspecified atom stereocenters. The van der Waals surface area contributed by atoms with E-state index in [-0.39, 0.29) is 23.3 Å². The Bertz CT molecular complexity index is 914. The van der Waals surface area contributed by atoms with Crippen molar-refractivity contribution in [2.75, 3.05) is 27.8 Å². The highest BCUT2D eigenvalue weighted by atomic mass is 32.2. The molecule has 158 valence electrons. The summed E-state index contributed by atoms with van der Waals surface area (Å²) < 4.78 is 36.8. The van der Waals surface area contributed by atoms with Gasteiger partial charge in [-0.25, -0.2) is 12.7 Å². The van der Waals surface area contributed by atoms with Crippen molar-refractivity contribution < 1.29 is 22.7 Å². The molecule has 0 bridgehead atoms. The van der Waals surface area contributed by atoms with Crippen LogP contribution in [-0.2, 0) is 21.2 Å². The molecule has 2 rings (SSSR count). The maximum absolute atomic E-state index is 12.3. The summed E-state index contributed by atoms with van der Waals surface area (Å²) in [7, 11) is 0.916. The molecule has 8 heteroatoms. The zero-order chi connectivity index (χ0) is 21.4. The maximum Gasteiger partial charge on any atom is 0.242 e. The van der Waals surface area contributed by atoms with Crippen LogP contribution < -0.4 is 14.8 Å². The maximum atomic E-state index is 12.3. The van der Waals surface area contributed by atoms with E-state index in [1.807, 2.05) is 37.3 Å². The number of amides is 1. The van der Waals surface area contributed by atoms with Crippen molar-refractivity contribution >= 4 is 15.9 Å². The van der Waals surface area contributed by atoms with Gasteiger partial charge in [0.15, 0.2) is 0 Å². The Morgan fingerprint density at radius 1 is 1.14 bits per heavy atom. The molecule has 0 radical (unpaired) electrons. The van der Waals surface area contributed by atoms with E-state index in [2.05, 4.69) is 5.32 Å². The van der Waals surface area contributed by atoms with Gasteiger partial charge in [0.25, 0.3) is 0 Å². The fraction of sp³-hybridized carbons (Fsp3) is 0.381. The minimum Gasteiger partial charge on any atom is -0.496 e. The number of rotatable bonds is 10. The van der Waals surface area contributed by atoms with Crippen LogP contribution in [-0.4, -0.2) is 52.5 Å². The van der Waals surface area contributed by atoms with Crippen molar-refractivity contribution in [1.29, 1.82) is 0 Å². The van der Waals surface area contributed by atoms with Crippen LogP contribution in [0.5, 0.6) is 11.5 Å². The topological polar surface area (TPSA) is 84.9 Å². The molecular weight excluding hydrogens is 392 g/mol. The van der Waals surface area contributed by atoms with E-state index in [4.69, 9.17) is 9.47 Å². The van der Waals surface area contributed by atoms with E-state index in [9.17, 15) is 13.2 Å². The Morgan fingerprint density at radius 3 is 2.45 bits per heavy atom. The number of carbonyl (C=O) groups excluding carboxylic acids is 1. The second-order valence-electron chi connectivity index (χ2n) is 6.85.